The van der Waals surface area contributed by atoms with Crippen LogP contribution >= 0.6 is 0 Å². The molecule has 1 aromatic carbocycles. The number of benzene rings is 1. The molecular weight excluding hydrogens is 308 g/mol. The lowest BCUT2D eigenvalue weighted by Gasteiger charge is -2.25. The maximum absolute atomic E-state index is 4.90. The first-order valence-corrected chi connectivity index (χ1v) is 12.5. The second-order valence-corrected chi connectivity index (χ2v) is 14.0. The smallest absolute Gasteiger partial charge is 0.0775 e. The average molecular weight is 339 g/mol. The standard InChI is InChI=1S/C21H30N2Si/c1-15-14-21(2,3)20(23-15)13-19-18(11-12-22-19)16-7-9-17(10-8-16)24(4,5)6/h7-12,20,22H,13-14H2,1-6H3. The highest BCUT2D eigenvalue weighted by Crippen LogP contribution is 2.37. The van der Waals surface area contributed by atoms with Gasteiger partial charge in [-0.05, 0) is 30.4 Å². The highest BCUT2D eigenvalue weighted by molar-refractivity contribution is 6.88. The van der Waals surface area contributed by atoms with Crippen LogP contribution in [0.15, 0.2) is 41.5 Å². The Morgan fingerprint density at radius 2 is 1.79 bits per heavy atom. The van der Waals surface area contributed by atoms with Crippen LogP contribution in [0.4, 0.5) is 0 Å². The van der Waals surface area contributed by atoms with Gasteiger partial charge in [0.05, 0.1) is 14.1 Å². The molecule has 3 heteroatoms. The molecular formula is C21H30N2Si. The fourth-order valence-electron chi connectivity index (χ4n) is 3.77. The number of aromatic nitrogens is 1. The molecule has 0 aliphatic carbocycles. The van der Waals surface area contributed by atoms with Crippen molar-refractivity contribution in [1.82, 2.24) is 4.98 Å². The molecule has 0 spiro atoms. The summed E-state index contributed by atoms with van der Waals surface area (Å²) in [6.07, 6.45) is 4.16. The van der Waals surface area contributed by atoms with Gasteiger partial charge in [0.25, 0.3) is 0 Å². The van der Waals surface area contributed by atoms with Gasteiger partial charge in [0.2, 0.25) is 0 Å². The van der Waals surface area contributed by atoms with E-state index in [-0.39, 0.29) is 5.41 Å². The molecule has 1 aliphatic rings. The number of aliphatic imine (C=N–C) groups is 1. The zero-order valence-electron chi connectivity index (χ0n) is 15.9. The molecule has 1 aromatic heterocycles. The van der Waals surface area contributed by atoms with Gasteiger partial charge >= 0.3 is 0 Å². The Balaban J connectivity index is 1.86. The minimum Gasteiger partial charge on any atom is -0.364 e. The van der Waals surface area contributed by atoms with Crippen LogP contribution in [0.5, 0.6) is 0 Å². The predicted molar refractivity (Wildman–Crippen MR) is 108 cm³/mol. The summed E-state index contributed by atoms with van der Waals surface area (Å²) in [5.74, 6) is 0. The molecule has 2 heterocycles. The summed E-state index contributed by atoms with van der Waals surface area (Å²) >= 11 is 0. The van der Waals surface area contributed by atoms with E-state index in [9.17, 15) is 0 Å². The number of H-pyrrole nitrogens is 1. The first-order valence-electron chi connectivity index (χ1n) is 8.97. The Hall–Kier alpha value is -1.61. The third-order valence-electron chi connectivity index (χ3n) is 5.28. The van der Waals surface area contributed by atoms with Crippen molar-refractivity contribution in [2.75, 3.05) is 0 Å². The summed E-state index contributed by atoms with van der Waals surface area (Å²) in [4.78, 5) is 8.37. The monoisotopic (exact) mass is 338 g/mol. The fourth-order valence-corrected chi connectivity index (χ4v) is 4.94. The van der Waals surface area contributed by atoms with Gasteiger partial charge in [-0.1, -0.05) is 62.9 Å². The lowest BCUT2D eigenvalue weighted by Crippen LogP contribution is -2.37. The summed E-state index contributed by atoms with van der Waals surface area (Å²) in [6, 6.07) is 11.8. The lowest BCUT2D eigenvalue weighted by molar-refractivity contribution is 0.321. The first kappa shape index (κ1) is 17.2. The van der Waals surface area contributed by atoms with Crippen LogP contribution in [0.3, 0.4) is 0 Å². The van der Waals surface area contributed by atoms with Crippen LogP contribution in [-0.2, 0) is 6.42 Å². The summed E-state index contributed by atoms with van der Waals surface area (Å²) in [5.41, 5.74) is 5.50. The highest BCUT2D eigenvalue weighted by atomic mass is 28.3. The normalized spacial score (nSPS) is 20.2. The lowest BCUT2D eigenvalue weighted by atomic mass is 9.80. The van der Waals surface area contributed by atoms with Crippen molar-refractivity contribution in [3.63, 3.8) is 0 Å². The molecule has 0 radical (unpaired) electrons. The van der Waals surface area contributed by atoms with E-state index in [4.69, 9.17) is 4.99 Å². The first-order chi connectivity index (χ1) is 11.2. The largest absolute Gasteiger partial charge is 0.364 e. The number of hydrogen-bond acceptors (Lipinski definition) is 1. The molecule has 1 aliphatic heterocycles. The molecule has 0 bridgehead atoms. The number of rotatable bonds is 4. The van der Waals surface area contributed by atoms with E-state index in [1.54, 1.807) is 0 Å². The Labute approximate surface area is 147 Å². The molecule has 0 amide bonds. The zero-order chi connectivity index (χ0) is 17.5. The topological polar surface area (TPSA) is 28.1 Å². The van der Waals surface area contributed by atoms with Crippen molar-refractivity contribution < 1.29 is 0 Å². The molecule has 0 fully saturated rings. The molecule has 0 saturated heterocycles. The van der Waals surface area contributed by atoms with E-state index in [1.807, 2.05) is 0 Å². The van der Waals surface area contributed by atoms with Crippen molar-refractivity contribution in [1.29, 1.82) is 0 Å². The molecule has 2 nitrogen and oxygen atoms in total. The van der Waals surface area contributed by atoms with E-state index >= 15 is 0 Å². The van der Waals surface area contributed by atoms with Gasteiger partial charge in [0, 0.05) is 29.6 Å². The minimum absolute atomic E-state index is 0.258. The number of nitrogens with one attached hydrogen (secondary N) is 1. The quantitative estimate of drug-likeness (QED) is 0.758. The van der Waals surface area contributed by atoms with Crippen molar-refractivity contribution in [3.8, 4) is 11.1 Å². The van der Waals surface area contributed by atoms with Gasteiger partial charge in [0.1, 0.15) is 0 Å². The Kier molecular flexibility index (Phi) is 4.33. The third-order valence-corrected chi connectivity index (χ3v) is 7.35. The van der Waals surface area contributed by atoms with E-state index < -0.39 is 8.07 Å². The molecule has 0 saturated carbocycles. The second-order valence-electron chi connectivity index (χ2n) is 8.95. The second kappa shape index (κ2) is 6.03. The van der Waals surface area contributed by atoms with Crippen molar-refractivity contribution in [2.24, 2.45) is 10.4 Å². The van der Waals surface area contributed by atoms with Crippen molar-refractivity contribution in [3.05, 3.63) is 42.2 Å². The van der Waals surface area contributed by atoms with Crippen LogP contribution in [0.1, 0.15) is 32.9 Å². The molecule has 1 unspecified atom stereocenters. The van der Waals surface area contributed by atoms with E-state index in [0.29, 0.717) is 6.04 Å². The summed E-state index contributed by atoms with van der Waals surface area (Å²) in [5, 5.41) is 1.51. The van der Waals surface area contributed by atoms with Gasteiger partial charge in [0.15, 0.2) is 0 Å². The summed E-state index contributed by atoms with van der Waals surface area (Å²) in [7, 11) is -1.24. The van der Waals surface area contributed by atoms with E-state index in [2.05, 4.69) is 81.9 Å². The van der Waals surface area contributed by atoms with E-state index in [1.165, 1.54) is 27.7 Å². The highest BCUT2D eigenvalue weighted by Gasteiger charge is 2.35. The summed E-state index contributed by atoms with van der Waals surface area (Å²) < 4.78 is 0. The molecule has 1 atom stereocenters. The predicted octanol–water partition coefficient (Wildman–Crippen LogP) is 5.03. The number of hydrogen-bond donors (Lipinski definition) is 1. The van der Waals surface area contributed by atoms with Crippen LogP contribution < -0.4 is 5.19 Å². The van der Waals surface area contributed by atoms with Crippen LogP contribution in [-0.4, -0.2) is 24.8 Å². The van der Waals surface area contributed by atoms with Gasteiger partial charge < -0.3 is 4.98 Å². The number of nitrogens with zero attached hydrogens (tertiary/aromatic N) is 1. The zero-order valence-corrected chi connectivity index (χ0v) is 16.9. The summed E-state index contributed by atoms with van der Waals surface area (Å²) in [6.45, 7) is 14.0. The van der Waals surface area contributed by atoms with Gasteiger partial charge in [-0.25, -0.2) is 0 Å². The molecule has 3 rings (SSSR count). The molecule has 24 heavy (non-hydrogen) atoms. The van der Waals surface area contributed by atoms with Gasteiger partial charge in [-0.3, -0.25) is 4.99 Å². The van der Waals surface area contributed by atoms with Crippen molar-refractivity contribution >= 4 is 19.0 Å². The van der Waals surface area contributed by atoms with Crippen LogP contribution in [0.25, 0.3) is 11.1 Å². The Bertz CT molecular complexity index is 745. The molecule has 128 valence electrons. The Morgan fingerprint density at radius 3 is 2.33 bits per heavy atom. The maximum atomic E-state index is 4.90. The SMILES string of the molecule is CC1=NC(Cc2[nH]ccc2-c2ccc([Si](C)(C)C)cc2)C(C)(C)C1. The van der Waals surface area contributed by atoms with Crippen molar-refractivity contribution in [2.45, 2.75) is 59.3 Å². The van der Waals surface area contributed by atoms with Gasteiger partial charge in [-0.2, -0.15) is 0 Å². The molecule has 1 N–H and O–H groups in total. The van der Waals surface area contributed by atoms with E-state index in [0.717, 1.165) is 12.8 Å². The third kappa shape index (κ3) is 3.41. The minimum atomic E-state index is -1.24. The average Bonchev–Trinajstić information content (AvgIpc) is 3.03. The van der Waals surface area contributed by atoms with Crippen LogP contribution in [0, 0.1) is 5.41 Å². The fraction of sp³-hybridized carbons (Fsp3) is 0.476. The molecule has 2 aromatic rings. The Morgan fingerprint density at radius 1 is 1.12 bits per heavy atom. The number of aromatic amines is 1. The van der Waals surface area contributed by atoms with Crippen LogP contribution in [0.2, 0.25) is 19.6 Å². The van der Waals surface area contributed by atoms with Gasteiger partial charge in [-0.15, -0.1) is 0 Å². The maximum Gasteiger partial charge on any atom is 0.0775 e.